The summed E-state index contributed by atoms with van der Waals surface area (Å²) in [7, 11) is -3.84. The lowest BCUT2D eigenvalue weighted by Gasteiger charge is -2.14. The van der Waals surface area contributed by atoms with Gasteiger partial charge in [0.1, 0.15) is 10.7 Å². The van der Waals surface area contributed by atoms with Crippen LogP contribution in [0.15, 0.2) is 47.4 Å². The van der Waals surface area contributed by atoms with Gasteiger partial charge < -0.3 is 4.57 Å². The maximum absolute atomic E-state index is 13.0. The van der Waals surface area contributed by atoms with Crippen LogP contribution in [0.25, 0.3) is 11.4 Å². The molecule has 0 saturated carbocycles. The number of nitrogens with one attached hydrogen (secondary N) is 1. The van der Waals surface area contributed by atoms with Crippen LogP contribution in [0.1, 0.15) is 30.7 Å². The highest BCUT2D eigenvalue weighted by atomic mass is 35.5. The van der Waals surface area contributed by atoms with Gasteiger partial charge in [-0.25, -0.2) is 8.42 Å². The molecule has 0 fully saturated rings. The van der Waals surface area contributed by atoms with Crippen LogP contribution in [0.3, 0.4) is 0 Å². The van der Waals surface area contributed by atoms with E-state index in [1.165, 1.54) is 6.07 Å². The molecule has 0 spiro atoms. The molecule has 0 amide bonds. The van der Waals surface area contributed by atoms with E-state index in [0.717, 1.165) is 43.6 Å². The first-order chi connectivity index (χ1) is 13.5. The standard InChI is InChI=1S/C20H21ClN4O2S/c1-14-10-11-18(16(21)13-14)28(26,27)24-17-8-5-4-7-15(17)20-23-22-19-9-3-2-6-12-25(19)20/h4-5,7-8,10-11,13,24H,2-3,6,9,12H2,1H3. The van der Waals surface area contributed by atoms with Crippen molar-refractivity contribution in [2.24, 2.45) is 0 Å². The van der Waals surface area contributed by atoms with Crippen LogP contribution in [0.4, 0.5) is 5.69 Å². The number of nitrogens with zero attached hydrogens (tertiary/aromatic N) is 3. The molecule has 1 aliphatic heterocycles. The molecule has 0 radical (unpaired) electrons. The van der Waals surface area contributed by atoms with Crippen molar-refractivity contribution < 1.29 is 8.42 Å². The Morgan fingerprint density at radius 3 is 2.71 bits per heavy atom. The lowest BCUT2D eigenvalue weighted by atomic mass is 10.1. The number of halogens is 1. The van der Waals surface area contributed by atoms with Gasteiger partial charge in [-0.2, -0.15) is 0 Å². The van der Waals surface area contributed by atoms with E-state index in [9.17, 15) is 8.42 Å². The molecular weight excluding hydrogens is 396 g/mol. The Morgan fingerprint density at radius 2 is 1.89 bits per heavy atom. The van der Waals surface area contributed by atoms with Gasteiger partial charge in [-0.15, -0.1) is 10.2 Å². The molecular formula is C20H21ClN4O2S. The van der Waals surface area contributed by atoms with Gasteiger partial charge in [-0.3, -0.25) is 4.72 Å². The van der Waals surface area contributed by atoms with Crippen molar-refractivity contribution in [3.8, 4) is 11.4 Å². The maximum Gasteiger partial charge on any atom is 0.263 e. The Bertz CT molecular complexity index is 1120. The molecule has 28 heavy (non-hydrogen) atoms. The fraction of sp³-hybridized carbons (Fsp3) is 0.300. The molecule has 4 rings (SSSR count). The fourth-order valence-corrected chi connectivity index (χ4v) is 5.16. The van der Waals surface area contributed by atoms with Crippen molar-refractivity contribution in [1.82, 2.24) is 14.8 Å². The molecule has 8 heteroatoms. The number of para-hydroxylation sites is 1. The van der Waals surface area contributed by atoms with Crippen molar-refractivity contribution in [1.29, 1.82) is 0 Å². The molecule has 1 N–H and O–H groups in total. The van der Waals surface area contributed by atoms with Gasteiger partial charge in [0.05, 0.1) is 10.7 Å². The average Bonchev–Trinajstić information content (AvgIpc) is 2.89. The summed E-state index contributed by atoms with van der Waals surface area (Å²) in [5.41, 5.74) is 2.06. The van der Waals surface area contributed by atoms with E-state index in [1.807, 2.05) is 19.1 Å². The van der Waals surface area contributed by atoms with Crippen molar-refractivity contribution in [2.45, 2.75) is 44.0 Å². The molecule has 0 aliphatic carbocycles. The highest BCUT2D eigenvalue weighted by Gasteiger charge is 2.22. The van der Waals surface area contributed by atoms with E-state index in [2.05, 4.69) is 19.5 Å². The molecule has 146 valence electrons. The van der Waals surface area contributed by atoms with Crippen LogP contribution >= 0.6 is 11.6 Å². The lowest BCUT2D eigenvalue weighted by molar-refractivity contribution is 0.601. The number of sulfonamides is 1. The van der Waals surface area contributed by atoms with E-state index in [0.29, 0.717) is 17.1 Å². The second-order valence-electron chi connectivity index (χ2n) is 6.99. The monoisotopic (exact) mass is 416 g/mol. The third-order valence-electron chi connectivity index (χ3n) is 4.90. The molecule has 0 bridgehead atoms. The van der Waals surface area contributed by atoms with Gasteiger partial charge in [0, 0.05) is 18.5 Å². The van der Waals surface area contributed by atoms with Gasteiger partial charge in [-0.05, 0) is 49.6 Å². The normalized spacial score (nSPS) is 14.4. The molecule has 0 atom stereocenters. The smallest absolute Gasteiger partial charge is 0.263 e. The van der Waals surface area contributed by atoms with Crippen molar-refractivity contribution in [3.63, 3.8) is 0 Å². The summed E-state index contributed by atoms with van der Waals surface area (Å²) in [5, 5.41) is 8.88. The van der Waals surface area contributed by atoms with Crippen LogP contribution < -0.4 is 4.72 Å². The summed E-state index contributed by atoms with van der Waals surface area (Å²) in [5.74, 6) is 1.64. The predicted octanol–water partition coefficient (Wildman–Crippen LogP) is 4.43. The van der Waals surface area contributed by atoms with Gasteiger partial charge in [0.25, 0.3) is 10.0 Å². The highest BCUT2D eigenvalue weighted by Crippen LogP contribution is 2.31. The van der Waals surface area contributed by atoms with Gasteiger partial charge in [-0.1, -0.05) is 36.2 Å². The van der Waals surface area contributed by atoms with Crippen LogP contribution in [0.2, 0.25) is 5.02 Å². The minimum atomic E-state index is -3.84. The van der Waals surface area contributed by atoms with Crippen molar-refractivity contribution in [2.75, 3.05) is 4.72 Å². The van der Waals surface area contributed by atoms with E-state index >= 15 is 0 Å². The topological polar surface area (TPSA) is 76.9 Å². The number of aromatic nitrogens is 3. The molecule has 1 aromatic heterocycles. The van der Waals surface area contributed by atoms with Gasteiger partial charge in [0.15, 0.2) is 5.82 Å². The molecule has 6 nitrogen and oxygen atoms in total. The third kappa shape index (κ3) is 3.64. The number of hydrogen-bond donors (Lipinski definition) is 1. The summed E-state index contributed by atoms with van der Waals surface area (Å²) in [6, 6.07) is 12.1. The molecule has 2 heterocycles. The van der Waals surface area contributed by atoms with Gasteiger partial charge in [0.2, 0.25) is 0 Å². The SMILES string of the molecule is Cc1ccc(S(=O)(=O)Nc2ccccc2-c2nnc3n2CCCCC3)c(Cl)c1. The summed E-state index contributed by atoms with van der Waals surface area (Å²) >= 11 is 6.19. The quantitative estimate of drug-likeness (QED) is 0.682. The lowest BCUT2D eigenvalue weighted by Crippen LogP contribution is -2.15. The van der Waals surface area contributed by atoms with Crippen LogP contribution in [-0.2, 0) is 23.0 Å². The average molecular weight is 417 g/mol. The molecule has 1 aliphatic rings. The number of rotatable bonds is 4. The number of hydrogen-bond acceptors (Lipinski definition) is 4. The molecule has 3 aromatic rings. The summed E-state index contributed by atoms with van der Waals surface area (Å²) in [4.78, 5) is 0.0506. The Hall–Kier alpha value is -2.38. The van der Waals surface area contributed by atoms with Crippen molar-refractivity contribution >= 4 is 27.3 Å². The minimum Gasteiger partial charge on any atom is -0.311 e. The van der Waals surface area contributed by atoms with E-state index < -0.39 is 10.0 Å². The Balaban J connectivity index is 1.74. The Kier molecular flexibility index (Phi) is 5.12. The molecule has 0 unspecified atom stereocenters. The summed E-state index contributed by atoms with van der Waals surface area (Å²) in [6.45, 7) is 2.70. The number of anilines is 1. The zero-order valence-electron chi connectivity index (χ0n) is 15.5. The minimum absolute atomic E-state index is 0.0506. The summed E-state index contributed by atoms with van der Waals surface area (Å²) in [6.07, 6.45) is 4.20. The van der Waals surface area contributed by atoms with Crippen molar-refractivity contribution in [3.05, 3.63) is 58.9 Å². The zero-order chi connectivity index (χ0) is 19.7. The fourth-order valence-electron chi connectivity index (χ4n) is 3.47. The van der Waals surface area contributed by atoms with E-state index in [4.69, 9.17) is 11.6 Å². The third-order valence-corrected chi connectivity index (χ3v) is 6.75. The van der Waals surface area contributed by atoms with Crippen LogP contribution in [0.5, 0.6) is 0 Å². The largest absolute Gasteiger partial charge is 0.311 e. The van der Waals surface area contributed by atoms with Gasteiger partial charge >= 0.3 is 0 Å². The van der Waals surface area contributed by atoms with E-state index in [1.54, 1.807) is 24.3 Å². The first-order valence-corrected chi connectivity index (χ1v) is 11.1. The number of benzene rings is 2. The van der Waals surface area contributed by atoms with Crippen LogP contribution in [-0.4, -0.2) is 23.2 Å². The highest BCUT2D eigenvalue weighted by molar-refractivity contribution is 7.92. The van der Waals surface area contributed by atoms with Crippen LogP contribution in [0, 0.1) is 6.92 Å². The maximum atomic E-state index is 13.0. The number of aryl methyl sites for hydroxylation is 2. The summed E-state index contributed by atoms with van der Waals surface area (Å²) < 4.78 is 30.7. The first kappa shape index (κ1) is 19.0. The second kappa shape index (κ2) is 7.56. The van der Waals surface area contributed by atoms with E-state index in [-0.39, 0.29) is 9.92 Å². The Labute approximate surface area is 169 Å². The zero-order valence-corrected chi connectivity index (χ0v) is 17.1. The predicted molar refractivity (Wildman–Crippen MR) is 110 cm³/mol. The first-order valence-electron chi connectivity index (χ1n) is 9.26. The number of fused-ring (bicyclic) bond motifs is 1. The molecule has 0 saturated heterocycles. The second-order valence-corrected chi connectivity index (χ2v) is 9.05. The Morgan fingerprint density at radius 1 is 1.07 bits per heavy atom. The molecule has 2 aromatic carbocycles.